The summed E-state index contributed by atoms with van der Waals surface area (Å²) < 4.78 is 6.64. The number of benzene rings is 1. The van der Waals surface area contributed by atoms with Crippen molar-refractivity contribution in [3.05, 3.63) is 63.8 Å². The summed E-state index contributed by atoms with van der Waals surface area (Å²) in [5.74, 6) is -0.212. The molecule has 3 rings (SSSR count). The average Bonchev–Trinajstić information content (AvgIpc) is 3.14. The Morgan fingerprint density at radius 2 is 1.95 bits per heavy atom. The molecular formula is C15H11N3O4. The fraction of sp³-hybridized carbons (Fsp3) is 0.0667. The van der Waals surface area contributed by atoms with Crippen molar-refractivity contribution in [1.82, 2.24) is 9.78 Å². The molecule has 7 heteroatoms. The number of hydrogen-bond acceptors (Lipinski definition) is 5. The van der Waals surface area contributed by atoms with E-state index in [1.54, 1.807) is 6.20 Å². The molecule has 0 fully saturated rings. The van der Waals surface area contributed by atoms with E-state index in [-0.39, 0.29) is 11.5 Å². The van der Waals surface area contributed by atoms with Gasteiger partial charge in [-0.1, -0.05) is 17.7 Å². The molecule has 1 aromatic carbocycles. The van der Waals surface area contributed by atoms with E-state index in [1.165, 1.54) is 16.8 Å². The molecule has 2 heterocycles. The van der Waals surface area contributed by atoms with Crippen molar-refractivity contribution in [2.24, 2.45) is 0 Å². The third kappa shape index (κ3) is 2.39. The van der Waals surface area contributed by atoms with Crippen LogP contribution < -0.4 is 0 Å². The van der Waals surface area contributed by atoms with Gasteiger partial charge in [0.2, 0.25) is 0 Å². The van der Waals surface area contributed by atoms with Crippen LogP contribution in [0.3, 0.4) is 0 Å². The van der Waals surface area contributed by atoms with Crippen LogP contribution in [0.4, 0.5) is 5.88 Å². The van der Waals surface area contributed by atoms with Crippen LogP contribution in [0, 0.1) is 17.0 Å². The van der Waals surface area contributed by atoms with E-state index in [9.17, 15) is 14.9 Å². The van der Waals surface area contributed by atoms with Crippen LogP contribution in [0.1, 0.15) is 15.9 Å². The number of rotatable bonds is 4. The number of carbonyl (C=O) groups excluding carboxylic acids is 1. The van der Waals surface area contributed by atoms with Gasteiger partial charge < -0.3 is 4.42 Å². The van der Waals surface area contributed by atoms with Gasteiger partial charge in [-0.2, -0.15) is 5.10 Å². The van der Waals surface area contributed by atoms with Gasteiger partial charge >= 0.3 is 5.88 Å². The van der Waals surface area contributed by atoms with E-state index in [4.69, 9.17) is 4.42 Å². The topological polar surface area (TPSA) is 91.2 Å². The molecule has 110 valence electrons. The normalized spacial score (nSPS) is 10.6. The molecule has 0 saturated carbocycles. The Hall–Kier alpha value is -3.22. The average molecular weight is 297 g/mol. The van der Waals surface area contributed by atoms with Gasteiger partial charge in [0.15, 0.2) is 12.0 Å². The van der Waals surface area contributed by atoms with Crippen LogP contribution in [-0.2, 0) is 0 Å². The molecule has 0 bridgehead atoms. The third-order valence-electron chi connectivity index (χ3n) is 3.17. The maximum absolute atomic E-state index is 11.2. The van der Waals surface area contributed by atoms with Gasteiger partial charge in [0.05, 0.1) is 17.3 Å². The third-order valence-corrected chi connectivity index (χ3v) is 3.17. The summed E-state index contributed by atoms with van der Waals surface area (Å²) in [6.45, 7) is 1.97. The van der Waals surface area contributed by atoms with Crippen molar-refractivity contribution in [1.29, 1.82) is 0 Å². The Bertz CT molecular complexity index is 846. The van der Waals surface area contributed by atoms with Crippen molar-refractivity contribution in [3.63, 3.8) is 0 Å². The Morgan fingerprint density at radius 1 is 1.23 bits per heavy atom. The van der Waals surface area contributed by atoms with Crippen LogP contribution in [-0.4, -0.2) is 21.0 Å². The second-order valence-electron chi connectivity index (χ2n) is 4.73. The number of aromatic nitrogens is 2. The predicted octanol–water partition coefficient (Wildman–Crippen LogP) is 3.16. The van der Waals surface area contributed by atoms with Crippen LogP contribution >= 0.6 is 0 Å². The van der Waals surface area contributed by atoms with Crippen molar-refractivity contribution in [2.75, 3.05) is 0 Å². The van der Waals surface area contributed by atoms with Gasteiger partial charge in [-0.05, 0) is 25.1 Å². The van der Waals surface area contributed by atoms with Crippen molar-refractivity contribution in [2.45, 2.75) is 6.92 Å². The van der Waals surface area contributed by atoms with Gasteiger partial charge in [0.25, 0.3) is 0 Å². The smallest absolute Gasteiger partial charge is 0.399 e. The first-order chi connectivity index (χ1) is 10.6. The first kappa shape index (κ1) is 13.7. The Morgan fingerprint density at radius 3 is 2.55 bits per heavy atom. The minimum atomic E-state index is -0.638. The molecule has 0 unspecified atom stereocenters. The summed E-state index contributed by atoms with van der Waals surface area (Å²) in [7, 11) is 0. The number of aldehydes is 1. The molecular weight excluding hydrogens is 286 g/mol. The summed E-state index contributed by atoms with van der Waals surface area (Å²) >= 11 is 0. The zero-order chi connectivity index (χ0) is 15.7. The number of nitrogens with zero attached hydrogens (tertiary/aromatic N) is 3. The SMILES string of the molecule is Cc1ccc(-n2cc(C=O)c(-c3ccc([N+](=O)[O-])o3)n2)cc1. The zero-order valence-corrected chi connectivity index (χ0v) is 11.6. The van der Waals surface area contributed by atoms with Crippen LogP contribution in [0.15, 0.2) is 47.0 Å². The largest absolute Gasteiger partial charge is 0.433 e. The van der Waals surface area contributed by atoms with Gasteiger partial charge in [0, 0.05) is 6.20 Å². The highest BCUT2D eigenvalue weighted by Crippen LogP contribution is 2.27. The quantitative estimate of drug-likeness (QED) is 0.419. The number of aryl methyl sites for hydroxylation is 1. The Labute approximate surface area is 124 Å². The minimum absolute atomic E-state index is 0.180. The van der Waals surface area contributed by atoms with E-state index in [2.05, 4.69) is 5.10 Å². The van der Waals surface area contributed by atoms with E-state index < -0.39 is 10.8 Å². The minimum Gasteiger partial charge on any atom is -0.399 e. The lowest BCUT2D eigenvalue weighted by atomic mass is 10.2. The molecule has 0 aliphatic rings. The number of hydrogen-bond donors (Lipinski definition) is 0. The van der Waals surface area contributed by atoms with Crippen LogP contribution in [0.5, 0.6) is 0 Å². The van der Waals surface area contributed by atoms with Gasteiger partial charge in [-0.15, -0.1) is 0 Å². The lowest BCUT2D eigenvalue weighted by Crippen LogP contribution is -1.94. The number of nitro groups is 1. The molecule has 0 spiro atoms. The monoisotopic (exact) mass is 297 g/mol. The van der Waals surface area contributed by atoms with E-state index in [1.807, 2.05) is 31.2 Å². The second kappa shape index (κ2) is 5.28. The predicted molar refractivity (Wildman–Crippen MR) is 78.0 cm³/mol. The highest BCUT2D eigenvalue weighted by Gasteiger charge is 2.19. The maximum atomic E-state index is 11.2. The van der Waals surface area contributed by atoms with Gasteiger partial charge in [0.1, 0.15) is 10.6 Å². The van der Waals surface area contributed by atoms with E-state index >= 15 is 0 Å². The fourth-order valence-corrected chi connectivity index (χ4v) is 2.05. The van der Waals surface area contributed by atoms with Gasteiger partial charge in [-0.25, -0.2) is 4.68 Å². The maximum Gasteiger partial charge on any atom is 0.433 e. The molecule has 0 saturated heterocycles. The number of carbonyl (C=O) groups is 1. The van der Waals surface area contributed by atoms with Crippen molar-refractivity contribution < 1.29 is 14.1 Å². The standard InChI is InChI=1S/C15H11N3O4/c1-10-2-4-12(5-3-10)17-8-11(9-19)15(16-17)13-6-7-14(22-13)18(20)21/h2-9H,1H3. The highest BCUT2D eigenvalue weighted by molar-refractivity contribution is 5.84. The van der Waals surface area contributed by atoms with Crippen molar-refractivity contribution in [3.8, 4) is 17.1 Å². The highest BCUT2D eigenvalue weighted by atomic mass is 16.6. The summed E-state index contributed by atoms with van der Waals surface area (Å²) in [5.41, 5.74) is 2.45. The molecule has 0 aliphatic heterocycles. The summed E-state index contributed by atoms with van der Waals surface area (Å²) in [4.78, 5) is 21.2. The summed E-state index contributed by atoms with van der Waals surface area (Å²) in [6, 6.07) is 10.2. The van der Waals surface area contributed by atoms with Crippen molar-refractivity contribution >= 4 is 12.2 Å². The summed E-state index contributed by atoms with van der Waals surface area (Å²) in [5, 5.41) is 15.0. The van der Waals surface area contributed by atoms with Gasteiger partial charge in [-0.3, -0.25) is 14.9 Å². The first-order valence-electron chi connectivity index (χ1n) is 6.45. The van der Waals surface area contributed by atoms with Crippen LogP contribution in [0.25, 0.3) is 17.1 Å². The van der Waals surface area contributed by atoms with Crippen LogP contribution in [0.2, 0.25) is 0 Å². The molecule has 0 atom stereocenters. The first-order valence-corrected chi connectivity index (χ1v) is 6.45. The lowest BCUT2D eigenvalue weighted by molar-refractivity contribution is -0.401. The summed E-state index contributed by atoms with van der Waals surface area (Å²) in [6.07, 6.45) is 2.20. The molecule has 22 heavy (non-hydrogen) atoms. The molecule has 2 aromatic heterocycles. The molecule has 0 amide bonds. The number of furan rings is 1. The zero-order valence-electron chi connectivity index (χ0n) is 11.6. The molecule has 0 N–H and O–H groups in total. The van der Waals surface area contributed by atoms with E-state index in [0.717, 1.165) is 11.3 Å². The Kier molecular flexibility index (Phi) is 3.30. The fourth-order valence-electron chi connectivity index (χ4n) is 2.05. The second-order valence-corrected chi connectivity index (χ2v) is 4.73. The molecule has 0 aliphatic carbocycles. The molecule has 7 nitrogen and oxygen atoms in total. The lowest BCUT2D eigenvalue weighted by Gasteiger charge is -2.00. The molecule has 0 radical (unpaired) electrons. The molecule has 3 aromatic rings. The Balaban J connectivity index is 2.06. The van der Waals surface area contributed by atoms with E-state index in [0.29, 0.717) is 11.8 Å².